The fourth-order valence-electron chi connectivity index (χ4n) is 2.77. The minimum Gasteiger partial charge on any atom is -0.352 e. The molecule has 0 bridgehead atoms. The van der Waals surface area contributed by atoms with E-state index in [0.29, 0.717) is 25.3 Å². The van der Waals surface area contributed by atoms with Gasteiger partial charge in [0.05, 0.1) is 5.92 Å². The lowest BCUT2D eigenvalue weighted by molar-refractivity contribution is -0.126. The molecule has 0 radical (unpaired) electrons. The minimum atomic E-state index is -0.480. The topological polar surface area (TPSA) is 105 Å². The molecule has 2 rings (SSSR count). The minimum absolute atomic E-state index is 0.0464. The summed E-state index contributed by atoms with van der Waals surface area (Å²) in [5, 5.41) is 5.74. The molecular weight excluding hydrogens is 320 g/mol. The Bertz CT molecular complexity index is 645. The van der Waals surface area contributed by atoms with E-state index in [-0.39, 0.29) is 23.7 Å². The number of nitrogens with one attached hydrogen (secondary N) is 2. The van der Waals surface area contributed by atoms with Crippen LogP contribution >= 0.6 is 0 Å². The van der Waals surface area contributed by atoms with Crippen LogP contribution in [0.3, 0.4) is 0 Å². The third kappa shape index (κ3) is 5.48. The van der Waals surface area contributed by atoms with Crippen molar-refractivity contribution in [1.82, 2.24) is 10.2 Å². The molecule has 4 N–H and O–H groups in total. The zero-order chi connectivity index (χ0) is 18.4. The molecule has 0 spiro atoms. The van der Waals surface area contributed by atoms with Crippen LogP contribution in [0.15, 0.2) is 24.3 Å². The first-order chi connectivity index (χ1) is 11.9. The highest BCUT2D eigenvalue weighted by Gasteiger charge is 2.27. The number of anilines is 1. The van der Waals surface area contributed by atoms with E-state index in [9.17, 15) is 14.4 Å². The average molecular weight is 346 g/mol. The van der Waals surface area contributed by atoms with Crippen LogP contribution in [-0.2, 0) is 16.1 Å². The summed E-state index contributed by atoms with van der Waals surface area (Å²) in [7, 11) is 0. The van der Waals surface area contributed by atoms with Crippen molar-refractivity contribution >= 4 is 23.5 Å². The van der Waals surface area contributed by atoms with Crippen molar-refractivity contribution in [2.45, 2.75) is 33.2 Å². The molecule has 1 aromatic rings. The zero-order valence-electron chi connectivity index (χ0n) is 14.7. The number of primary amides is 1. The van der Waals surface area contributed by atoms with Gasteiger partial charge < -0.3 is 21.3 Å². The maximum Gasteiger partial charge on any atom is 0.314 e. The van der Waals surface area contributed by atoms with Gasteiger partial charge in [-0.15, -0.1) is 0 Å². The Hall–Kier alpha value is -2.57. The van der Waals surface area contributed by atoms with Gasteiger partial charge in [0.2, 0.25) is 11.8 Å². The van der Waals surface area contributed by atoms with Crippen LogP contribution in [0, 0.1) is 11.8 Å². The molecule has 1 saturated heterocycles. The maximum absolute atomic E-state index is 12.3. The Morgan fingerprint density at radius 1 is 1.32 bits per heavy atom. The molecule has 1 aromatic carbocycles. The third-order valence-corrected chi connectivity index (χ3v) is 4.29. The number of piperidine rings is 1. The molecule has 0 saturated carbocycles. The van der Waals surface area contributed by atoms with E-state index in [1.165, 1.54) is 4.90 Å². The Kier molecular flexibility index (Phi) is 6.38. The lowest BCUT2D eigenvalue weighted by Gasteiger charge is -2.30. The van der Waals surface area contributed by atoms with Gasteiger partial charge in [0.25, 0.3) is 0 Å². The highest BCUT2D eigenvalue weighted by Crippen LogP contribution is 2.17. The summed E-state index contributed by atoms with van der Waals surface area (Å²) in [6, 6.07) is 6.91. The van der Waals surface area contributed by atoms with Crippen LogP contribution in [-0.4, -0.2) is 35.8 Å². The number of rotatable bonds is 5. The van der Waals surface area contributed by atoms with Gasteiger partial charge in [-0.05, 0) is 30.5 Å². The largest absolute Gasteiger partial charge is 0.352 e. The summed E-state index contributed by atoms with van der Waals surface area (Å²) < 4.78 is 0. The van der Waals surface area contributed by atoms with E-state index < -0.39 is 6.03 Å². The summed E-state index contributed by atoms with van der Waals surface area (Å²) >= 11 is 0. The maximum atomic E-state index is 12.3. The van der Waals surface area contributed by atoms with E-state index in [1.807, 2.05) is 38.1 Å². The number of nitrogens with two attached hydrogens (primary N) is 1. The highest BCUT2D eigenvalue weighted by molar-refractivity contribution is 5.92. The first kappa shape index (κ1) is 18.8. The molecule has 7 nitrogen and oxygen atoms in total. The number of nitrogens with zero attached hydrogens (tertiary/aromatic N) is 1. The Morgan fingerprint density at radius 2 is 2.08 bits per heavy atom. The van der Waals surface area contributed by atoms with Crippen molar-refractivity contribution in [2.75, 3.05) is 18.4 Å². The second-order valence-corrected chi connectivity index (χ2v) is 6.69. The van der Waals surface area contributed by atoms with Crippen LogP contribution in [0.2, 0.25) is 0 Å². The van der Waals surface area contributed by atoms with Crippen molar-refractivity contribution in [3.8, 4) is 0 Å². The van der Waals surface area contributed by atoms with Crippen LogP contribution in [0.4, 0.5) is 10.5 Å². The Morgan fingerprint density at radius 3 is 2.76 bits per heavy atom. The van der Waals surface area contributed by atoms with E-state index in [1.54, 1.807) is 0 Å². The van der Waals surface area contributed by atoms with Gasteiger partial charge in [0, 0.05) is 31.2 Å². The molecule has 1 heterocycles. The second-order valence-electron chi connectivity index (χ2n) is 6.69. The molecule has 7 heteroatoms. The Balaban J connectivity index is 1.89. The predicted octanol–water partition coefficient (Wildman–Crippen LogP) is 1.69. The number of urea groups is 1. The van der Waals surface area contributed by atoms with E-state index in [2.05, 4.69) is 10.6 Å². The first-order valence-electron chi connectivity index (χ1n) is 8.58. The summed E-state index contributed by atoms with van der Waals surface area (Å²) in [5.41, 5.74) is 6.90. The van der Waals surface area contributed by atoms with Gasteiger partial charge in [-0.1, -0.05) is 26.0 Å². The summed E-state index contributed by atoms with van der Waals surface area (Å²) in [6.45, 7) is 5.01. The van der Waals surface area contributed by atoms with Crippen LogP contribution in [0.1, 0.15) is 32.3 Å². The summed E-state index contributed by atoms with van der Waals surface area (Å²) in [5.74, 6) is -0.453. The number of hydrogen-bond donors (Lipinski definition) is 3. The van der Waals surface area contributed by atoms with Crippen molar-refractivity contribution in [3.05, 3.63) is 29.8 Å². The molecule has 0 aromatic heterocycles. The standard InChI is InChI=1S/C18H26N4O3/c1-12(2)16(23)21-15-7-3-5-13(9-15)10-20-17(24)14-6-4-8-22(11-14)18(19)25/h3,5,7,9,12,14H,4,6,8,10-11H2,1-2H3,(H2,19,25)(H,20,24)(H,21,23)/t14-/m0/s1. The van der Waals surface area contributed by atoms with Crippen molar-refractivity contribution < 1.29 is 14.4 Å². The third-order valence-electron chi connectivity index (χ3n) is 4.29. The lowest BCUT2D eigenvalue weighted by Crippen LogP contribution is -2.47. The number of likely N-dealkylation sites (tertiary alicyclic amines) is 1. The smallest absolute Gasteiger partial charge is 0.314 e. The SMILES string of the molecule is CC(C)C(=O)Nc1cccc(CNC(=O)[C@H]2CCCN(C(N)=O)C2)c1. The van der Waals surface area contributed by atoms with Gasteiger partial charge in [-0.2, -0.15) is 0 Å². The first-order valence-corrected chi connectivity index (χ1v) is 8.58. The number of benzene rings is 1. The number of amides is 4. The van der Waals surface area contributed by atoms with Crippen molar-refractivity contribution in [3.63, 3.8) is 0 Å². The molecule has 1 fully saturated rings. The number of carbonyl (C=O) groups is 3. The van der Waals surface area contributed by atoms with E-state index in [4.69, 9.17) is 5.73 Å². The normalized spacial score (nSPS) is 17.2. The van der Waals surface area contributed by atoms with Gasteiger partial charge in [-0.3, -0.25) is 9.59 Å². The molecule has 1 aliphatic heterocycles. The molecule has 0 aliphatic carbocycles. The quantitative estimate of drug-likeness (QED) is 0.755. The summed E-state index contributed by atoms with van der Waals surface area (Å²) in [6.07, 6.45) is 1.53. The van der Waals surface area contributed by atoms with Crippen molar-refractivity contribution in [2.24, 2.45) is 17.6 Å². The van der Waals surface area contributed by atoms with Gasteiger partial charge >= 0.3 is 6.03 Å². The highest BCUT2D eigenvalue weighted by atomic mass is 16.2. The van der Waals surface area contributed by atoms with Gasteiger partial charge in [0.1, 0.15) is 0 Å². The predicted molar refractivity (Wildman–Crippen MR) is 95.6 cm³/mol. The van der Waals surface area contributed by atoms with Crippen molar-refractivity contribution in [1.29, 1.82) is 0 Å². The summed E-state index contributed by atoms with van der Waals surface area (Å²) in [4.78, 5) is 36.9. The number of hydrogen-bond acceptors (Lipinski definition) is 3. The molecule has 25 heavy (non-hydrogen) atoms. The van der Waals surface area contributed by atoms with E-state index in [0.717, 1.165) is 18.4 Å². The van der Waals surface area contributed by atoms with Crippen LogP contribution in [0.25, 0.3) is 0 Å². The monoisotopic (exact) mass is 346 g/mol. The van der Waals surface area contributed by atoms with Crippen LogP contribution < -0.4 is 16.4 Å². The zero-order valence-corrected chi connectivity index (χ0v) is 14.7. The average Bonchev–Trinajstić information content (AvgIpc) is 2.60. The second kappa shape index (κ2) is 8.50. The fraction of sp³-hybridized carbons (Fsp3) is 0.500. The molecular formula is C18H26N4O3. The molecule has 1 aliphatic rings. The van der Waals surface area contributed by atoms with Gasteiger partial charge in [0.15, 0.2) is 0 Å². The molecule has 136 valence electrons. The fourth-order valence-corrected chi connectivity index (χ4v) is 2.77. The lowest BCUT2D eigenvalue weighted by atomic mass is 9.97. The number of carbonyl (C=O) groups excluding carboxylic acids is 3. The van der Waals surface area contributed by atoms with Gasteiger partial charge in [-0.25, -0.2) is 4.79 Å². The molecule has 1 atom stereocenters. The molecule has 4 amide bonds. The van der Waals surface area contributed by atoms with Crippen LogP contribution in [0.5, 0.6) is 0 Å². The Labute approximate surface area is 147 Å². The van der Waals surface area contributed by atoms with E-state index >= 15 is 0 Å². The molecule has 0 unspecified atom stereocenters.